The molecule has 2 aromatic carbocycles. The molecule has 1 aliphatic rings. The highest BCUT2D eigenvalue weighted by Crippen LogP contribution is 2.37. The Kier molecular flexibility index (Phi) is 6.14. The summed E-state index contributed by atoms with van der Waals surface area (Å²) in [5, 5.41) is 1.79. The van der Waals surface area contributed by atoms with Crippen molar-refractivity contribution >= 4 is 34.2 Å². The monoisotopic (exact) mass is 501 g/mol. The molecule has 0 radical (unpaired) electrons. The summed E-state index contributed by atoms with van der Waals surface area (Å²) >= 11 is 1.32. The predicted octanol–water partition coefficient (Wildman–Crippen LogP) is 3.91. The quantitative estimate of drug-likeness (QED) is 0.420. The first kappa shape index (κ1) is 23.8. The predicted molar refractivity (Wildman–Crippen MR) is 141 cm³/mol. The van der Waals surface area contributed by atoms with Crippen molar-refractivity contribution in [2.75, 3.05) is 13.7 Å². The number of aryl methyl sites for hydroxylation is 2. The molecule has 184 valence electrons. The molecule has 3 heterocycles. The number of nitrogens with zero attached hydrogens (tertiary/aromatic N) is 2. The Morgan fingerprint density at radius 1 is 1.17 bits per heavy atom. The van der Waals surface area contributed by atoms with Crippen LogP contribution in [-0.2, 0) is 9.53 Å². The zero-order valence-corrected chi connectivity index (χ0v) is 21.7. The Bertz CT molecular complexity index is 1720. The Hall–Kier alpha value is -3.91. The van der Waals surface area contributed by atoms with Crippen LogP contribution in [0.1, 0.15) is 42.4 Å². The van der Waals surface area contributed by atoms with Crippen molar-refractivity contribution in [1.82, 2.24) is 9.55 Å². The normalized spacial score (nSPS) is 15.7. The van der Waals surface area contributed by atoms with Gasteiger partial charge in [0.05, 0.1) is 35.6 Å². The summed E-state index contributed by atoms with van der Waals surface area (Å²) in [6, 6.07) is 12.9. The number of ether oxygens (including phenoxy) is 2. The van der Waals surface area contributed by atoms with Crippen LogP contribution in [0.5, 0.6) is 5.75 Å². The van der Waals surface area contributed by atoms with Gasteiger partial charge >= 0.3 is 5.97 Å². The third kappa shape index (κ3) is 3.87. The van der Waals surface area contributed by atoms with Crippen molar-refractivity contribution in [3.05, 3.63) is 95.9 Å². The van der Waals surface area contributed by atoms with Gasteiger partial charge in [-0.05, 0) is 62.4 Å². The van der Waals surface area contributed by atoms with E-state index < -0.39 is 12.0 Å². The zero-order valence-electron chi connectivity index (χ0n) is 20.8. The smallest absolute Gasteiger partial charge is 0.338 e. The summed E-state index contributed by atoms with van der Waals surface area (Å²) in [6.45, 7) is 7.74. The van der Waals surface area contributed by atoms with Crippen LogP contribution < -0.4 is 19.6 Å². The molecule has 2 aromatic heterocycles. The van der Waals surface area contributed by atoms with Gasteiger partial charge < -0.3 is 14.5 Å². The zero-order chi connectivity index (χ0) is 25.6. The van der Waals surface area contributed by atoms with Gasteiger partial charge in [-0.15, -0.1) is 0 Å². The Morgan fingerprint density at radius 3 is 2.58 bits per heavy atom. The van der Waals surface area contributed by atoms with Gasteiger partial charge in [-0.3, -0.25) is 9.36 Å². The molecule has 0 spiro atoms. The average molecular weight is 502 g/mol. The highest BCUT2D eigenvalue weighted by atomic mass is 32.1. The van der Waals surface area contributed by atoms with Gasteiger partial charge in [0, 0.05) is 16.8 Å². The van der Waals surface area contributed by atoms with E-state index in [1.54, 1.807) is 25.5 Å². The van der Waals surface area contributed by atoms with E-state index in [0.717, 1.165) is 39.0 Å². The lowest BCUT2D eigenvalue weighted by Gasteiger charge is -2.26. The highest BCUT2D eigenvalue weighted by Gasteiger charge is 2.34. The standard InChI is InChI=1S/C28H27N3O4S/c1-6-35-27(33)24-17(4)30-28-31(26(32)23(36-28)14-18-13-15(2)29-16(18)3)25(24)21-11-12-22(34-5)20-10-8-7-9-19(20)21/h7-14,25,29H,6H2,1-5H3/b23-14-/t25-/m1/s1. The van der Waals surface area contributed by atoms with Gasteiger partial charge in [-0.1, -0.05) is 41.7 Å². The van der Waals surface area contributed by atoms with E-state index in [-0.39, 0.29) is 12.2 Å². The highest BCUT2D eigenvalue weighted by molar-refractivity contribution is 7.07. The van der Waals surface area contributed by atoms with E-state index in [4.69, 9.17) is 9.47 Å². The first-order valence-electron chi connectivity index (χ1n) is 11.8. The topological polar surface area (TPSA) is 85.7 Å². The van der Waals surface area contributed by atoms with Gasteiger partial charge in [0.1, 0.15) is 5.75 Å². The number of benzene rings is 2. The fourth-order valence-electron chi connectivity index (χ4n) is 4.83. The first-order chi connectivity index (χ1) is 17.3. The molecule has 1 N–H and O–H groups in total. The largest absolute Gasteiger partial charge is 0.496 e. The SMILES string of the molecule is CCOC(=O)C1=C(C)N=c2s/c(=C\c3cc(C)[nH]c3C)c(=O)n2[C@@H]1c1ccc(OC)c2ccccc12. The van der Waals surface area contributed by atoms with Crippen LogP contribution in [0.25, 0.3) is 16.8 Å². The third-order valence-electron chi connectivity index (χ3n) is 6.43. The number of hydrogen-bond donors (Lipinski definition) is 1. The molecule has 1 atom stereocenters. The number of methoxy groups -OCH3 is 1. The Balaban J connectivity index is 1.83. The molecule has 4 aromatic rings. The molecule has 1 aliphatic heterocycles. The molecule has 0 amide bonds. The number of fused-ring (bicyclic) bond motifs is 2. The minimum Gasteiger partial charge on any atom is -0.496 e. The number of aromatic amines is 1. The summed E-state index contributed by atoms with van der Waals surface area (Å²) < 4.78 is 13.2. The lowest BCUT2D eigenvalue weighted by Crippen LogP contribution is -2.40. The van der Waals surface area contributed by atoms with Gasteiger partial charge in [0.25, 0.3) is 5.56 Å². The lowest BCUT2D eigenvalue weighted by molar-refractivity contribution is -0.139. The van der Waals surface area contributed by atoms with E-state index >= 15 is 0 Å². The molecule has 8 heteroatoms. The fraction of sp³-hybridized carbons (Fsp3) is 0.250. The van der Waals surface area contributed by atoms with Crippen LogP contribution in [-0.4, -0.2) is 29.2 Å². The van der Waals surface area contributed by atoms with Gasteiger partial charge in [0.2, 0.25) is 0 Å². The van der Waals surface area contributed by atoms with Crippen molar-refractivity contribution in [3.63, 3.8) is 0 Å². The maximum Gasteiger partial charge on any atom is 0.338 e. The van der Waals surface area contributed by atoms with Crippen molar-refractivity contribution < 1.29 is 14.3 Å². The lowest BCUT2D eigenvalue weighted by atomic mass is 9.91. The maximum absolute atomic E-state index is 13.9. The molecule has 0 saturated heterocycles. The van der Waals surface area contributed by atoms with E-state index in [9.17, 15) is 9.59 Å². The van der Waals surface area contributed by atoms with Crippen molar-refractivity contribution in [2.45, 2.75) is 33.7 Å². The Morgan fingerprint density at radius 2 is 1.92 bits per heavy atom. The van der Waals surface area contributed by atoms with Crippen LogP contribution in [0.3, 0.4) is 0 Å². The van der Waals surface area contributed by atoms with Crippen LogP contribution in [0.15, 0.2) is 63.5 Å². The summed E-state index contributed by atoms with van der Waals surface area (Å²) in [7, 11) is 1.63. The second kappa shape index (κ2) is 9.28. The number of carbonyl (C=O) groups is 1. The van der Waals surface area contributed by atoms with Crippen LogP contribution in [0.2, 0.25) is 0 Å². The number of aromatic nitrogens is 2. The molecule has 36 heavy (non-hydrogen) atoms. The summed E-state index contributed by atoms with van der Waals surface area (Å²) in [5.41, 5.74) is 4.47. The molecular formula is C28H27N3O4S. The number of nitrogens with one attached hydrogen (secondary N) is 1. The van der Waals surface area contributed by atoms with Gasteiger partial charge in [-0.25, -0.2) is 9.79 Å². The van der Waals surface area contributed by atoms with Crippen LogP contribution in [0, 0.1) is 13.8 Å². The minimum atomic E-state index is -0.688. The molecule has 5 rings (SSSR count). The summed E-state index contributed by atoms with van der Waals surface area (Å²) in [6.07, 6.45) is 1.88. The minimum absolute atomic E-state index is 0.198. The van der Waals surface area contributed by atoms with E-state index in [2.05, 4.69) is 9.98 Å². The molecule has 0 unspecified atom stereocenters. The molecule has 0 bridgehead atoms. The van der Waals surface area contributed by atoms with E-state index in [1.165, 1.54) is 11.3 Å². The third-order valence-corrected chi connectivity index (χ3v) is 7.41. The second-order valence-electron chi connectivity index (χ2n) is 8.74. The number of H-pyrrole nitrogens is 1. The van der Waals surface area contributed by atoms with Crippen molar-refractivity contribution in [2.24, 2.45) is 4.99 Å². The Labute approximate surface area is 212 Å². The summed E-state index contributed by atoms with van der Waals surface area (Å²) in [5.74, 6) is 0.244. The van der Waals surface area contributed by atoms with Crippen molar-refractivity contribution in [1.29, 1.82) is 0 Å². The number of esters is 1. The second-order valence-corrected chi connectivity index (χ2v) is 9.75. The van der Waals surface area contributed by atoms with Crippen molar-refractivity contribution in [3.8, 4) is 5.75 Å². The van der Waals surface area contributed by atoms with Crippen LogP contribution >= 0.6 is 11.3 Å². The van der Waals surface area contributed by atoms with Crippen LogP contribution in [0.4, 0.5) is 0 Å². The van der Waals surface area contributed by atoms with Gasteiger partial charge in [-0.2, -0.15) is 0 Å². The number of carbonyl (C=O) groups excluding carboxylic acids is 1. The molecule has 0 fully saturated rings. The fourth-order valence-corrected chi connectivity index (χ4v) is 5.87. The molecule has 7 nitrogen and oxygen atoms in total. The number of thiazole rings is 1. The average Bonchev–Trinajstić information content (AvgIpc) is 3.34. The van der Waals surface area contributed by atoms with E-state index in [0.29, 0.717) is 20.6 Å². The number of rotatable bonds is 5. The van der Waals surface area contributed by atoms with E-state index in [1.807, 2.05) is 62.4 Å². The molecular weight excluding hydrogens is 474 g/mol. The van der Waals surface area contributed by atoms with Gasteiger partial charge in [0.15, 0.2) is 4.80 Å². The molecule has 0 saturated carbocycles. The molecule has 0 aliphatic carbocycles. The summed E-state index contributed by atoms with van der Waals surface area (Å²) in [4.78, 5) is 35.6. The maximum atomic E-state index is 13.9. The number of hydrogen-bond acceptors (Lipinski definition) is 6. The first-order valence-corrected chi connectivity index (χ1v) is 12.6. The number of allylic oxidation sites excluding steroid dienone is 1.